The van der Waals surface area contributed by atoms with Crippen molar-refractivity contribution in [2.45, 2.75) is 20.8 Å². The van der Waals surface area contributed by atoms with E-state index in [1.54, 1.807) is 17.9 Å². The fraction of sp³-hybridized carbons (Fsp3) is 0.389. The topological polar surface area (TPSA) is 112 Å². The van der Waals surface area contributed by atoms with Gasteiger partial charge in [-0.05, 0) is 38.5 Å². The smallest absolute Gasteiger partial charge is 0.258 e. The van der Waals surface area contributed by atoms with E-state index in [0.717, 1.165) is 17.0 Å². The highest BCUT2D eigenvalue weighted by Gasteiger charge is 2.15. The summed E-state index contributed by atoms with van der Waals surface area (Å²) in [5.74, 6) is 1.34. The van der Waals surface area contributed by atoms with Crippen LogP contribution in [0.1, 0.15) is 27.3 Å². The number of nitrogens with zero attached hydrogens (tertiary/aromatic N) is 6. The third-order valence-corrected chi connectivity index (χ3v) is 4.47. The van der Waals surface area contributed by atoms with Gasteiger partial charge in [-0.1, -0.05) is 0 Å². The maximum Gasteiger partial charge on any atom is 0.258 e. The van der Waals surface area contributed by atoms with Gasteiger partial charge in [0.25, 0.3) is 5.91 Å². The maximum absolute atomic E-state index is 12.2. The van der Waals surface area contributed by atoms with Crippen molar-refractivity contribution in [3.05, 3.63) is 40.8 Å². The van der Waals surface area contributed by atoms with Gasteiger partial charge < -0.3 is 15.4 Å². The number of amides is 1. The number of carbonyl (C=O) groups is 1. The lowest BCUT2D eigenvalue weighted by atomic mass is 10.2. The first-order valence-corrected chi connectivity index (χ1v) is 8.87. The van der Waals surface area contributed by atoms with Gasteiger partial charge in [0, 0.05) is 32.0 Å². The van der Waals surface area contributed by atoms with Crippen LogP contribution < -0.4 is 15.4 Å². The number of nitrogens with one attached hydrogen (secondary N) is 2. The molecule has 0 atom stereocenters. The molecule has 0 spiro atoms. The van der Waals surface area contributed by atoms with Gasteiger partial charge >= 0.3 is 0 Å². The molecule has 0 fully saturated rings. The molecule has 0 saturated heterocycles. The second kappa shape index (κ2) is 8.07. The van der Waals surface area contributed by atoms with E-state index in [9.17, 15) is 4.79 Å². The highest BCUT2D eigenvalue weighted by Crippen LogP contribution is 2.16. The Morgan fingerprint density at radius 1 is 1.14 bits per heavy atom. The van der Waals surface area contributed by atoms with Gasteiger partial charge in [-0.25, -0.2) is 4.68 Å². The lowest BCUT2D eigenvalue weighted by molar-refractivity contribution is 0.0952. The molecule has 0 aromatic carbocycles. The Bertz CT molecular complexity index is 974. The van der Waals surface area contributed by atoms with E-state index in [0.29, 0.717) is 36.2 Å². The molecule has 2 N–H and O–H groups in total. The summed E-state index contributed by atoms with van der Waals surface area (Å²) in [4.78, 5) is 12.2. The summed E-state index contributed by atoms with van der Waals surface area (Å²) in [6, 6.07) is 3.69. The zero-order chi connectivity index (χ0) is 20.3. The molecule has 3 heterocycles. The first kappa shape index (κ1) is 19.3. The molecule has 1 amide bonds. The first-order valence-electron chi connectivity index (χ1n) is 8.87. The SMILES string of the molecule is COc1nn(C)cc1C(=O)NCCNc1ccc(-n2nc(C)c(C)c2C)nn1. The van der Waals surface area contributed by atoms with Crippen LogP contribution in [-0.2, 0) is 7.05 Å². The van der Waals surface area contributed by atoms with E-state index in [1.807, 2.05) is 32.9 Å². The number of aryl methyl sites for hydroxylation is 2. The van der Waals surface area contributed by atoms with Crippen molar-refractivity contribution in [2.24, 2.45) is 7.05 Å². The van der Waals surface area contributed by atoms with Gasteiger partial charge in [0.15, 0.2) is 5.82 Å². The zero-order valence-electron chi connectivity index (χ0n) is 16.6. The van der Waals surface area contributed by atoms with E-state index in [-0.39, 0.29) is 5.91 Å². The lowest BCUT2D eigenvalue weighted by Crippen LogP contribution is -2.29. The highest BCUT2D eigenvalue weighted by atomic mass is 16.5. The van der Waals surface area contributed by atoms with Gasteiger partial charge in [0.05, 0.1) is 12.8 Å². The minimum atomic E-state index is -0.243. The summed E-state index contributed by atoms with van der Waals surface area (Å²) in [6.07, 6.45) is 1.62. The van der Waals surface area contributed by atoms with Crippen molar-refractivity contribution in [1.29, 1.82) is 0 Å². The third-order valence-electron chi connectivity index (χ3n) is 4.47. The molecule has 28 heavy (non-hydrogen) atoms. The largest absolute Gasteiger partial charge is 0.479 e. The van der Waals surface area contributed by atoms with Crippen molar-refractivity contribution in [2.75, 3.05) is 25.5 Å². The number of anilines is 1. The Kier molecular flexibility index (Phi) is 5.57. The molecule has 148 valence electrons. The number of carbonyl (C=O) groups excluding carboxylic acids is 1. The molecule has 3 rings (SSSR count). The summed E-state index contributed by atoms with van der Waals surface area (Å²) < 4.78 is 8.41. The van der Waals surface area contributed by atoms with Crippen LogP contribution >= 0.6 is 0 Å². The van der Waals surface area contributed by atoms with Crippen molar-refractivity contribution >= 4 is 11.7 Å². The Labute approximate surface area is 162 Å². The Balaban J connectivity index is 1.53. The predicted molar refractivity (Wildman–Crippen MR) is 104 cm³/mol. The van der Waals surface area contributed by atoms with Gasteiger partial charge in [-0.3, -0.25) is 9.48 Å². The molecule has 10 heteroatoms. The van der Waals surface area contributed by atoms with Crippen LogP contribution in [0.2, 0.25) is 0 Å². The van der Waals surface area contributed by atoms with E-state index in [2.05, 4.69) is 31.0 Å². The summed E-state index contributed by atoms with van der Waals surface area (Å²) in [7, 11) is 3.22. The van der Waals surface area contributed by atoms with Crippen LogP contribution in [0.5, 0.6) is 5.88 Å². The highest BCUT2D eigenvalue weighted by molar-refractivity contribution is 5.96. The summed E-state index contributed by atoms with van der Waals surface area (Å²) in [5, 5.41) is 22.9. The van der Waals surface area contributed by atoms with Crippen LogP contribution in [-0.4, -0.2) is 55.9 Å². The van der Waals surface area contributed by atoms with Crippen molar-refractivity contribution in [1.82, 2.24) is 35.1 Å². The number of hydrogen-bond donors (Lipinski definition) is 2. The van der Waals surface area contributed by atoms with Crippen molar-refractivity contribution in [3.63, 3.8) is 0 Å². The normalized spacial score (nSPS) is 10.8. The summed E-state index contributed by atoms with van der Waals surface area (Å²) in [6.45, 7) is 6.92. The summed E-state index contributed by atoms with van der Waals surface area (Å²) >= 11 is 0. The number of aromatic nitrogens is 6. The first-order chi connectivity index (χ1) is 13.4. The number of methoxy groups -OCH3 is 1. The zero-order valence-corrected chi connectivity index (χ0v) is 16.6. The van der Waals surface area contributed by atoms with Crippen LogP contribution in [0, 0.1) is 20.8 Å². The Morgan fingerprint density at radius 3 is 2.54 bits per heavy atom. The maximum atomic E-state index is 12.2. The molecule has 0 saturated carbocycles. The molecule has 0 aliphatic carbocycles. The second-order valence-corrected chi connectivity index (χ2v) is 6.39. The van der Waals surface area contributed by atoms with Crippen LogP contribution in [0.4, 0.5) is 5.82 Å². The Hall–Kier alpha value is -3.43. The minimum absolute atomic E-state index is 0.243. The van der Waals surface area contributed by atoms with E-state index in [4.69, 9.17) is 4.74 Å². The molecule has 10 nitrogen and oxygen atoms in total. The predicted octanol–water partition coefficient (Wildman–Crippen LogP) is 1.17. The van der Waals surface area contributed by atoms with Crippen LogP contribution in [0.15, 0.2) is 18.3 Å². The molecule has 3 aromatic heterocycles. The fourth-order valence-electron chi connectivity index (χ4n) is 2.71. The van der Waals surface area contributed by atoms with E-state index in [1.165, 1.54) is 11.8 Å². The molecule has 0 unspecified atom stereocenters. The second-order valence-electron chi connectivity index (χ2n) is 6.39. The van der Waals surface area contributed by atoms with Gasteiger partial charge in [0.1, 0.15) is 11.4 Å². The molecule has 0 aliphatic rings. The third kappa shape index (κ3) is 3.95. The van der Waals surface area contributed by atoms with Crippen LogP contribution in [0.3, 0.4) is 0 Å². The quantitative estimate of drug-likeness (QED) is 0.588. The van der Waals surface area contributed by atoms with E-state index >= 15 is 0 Å². The molecule has 0 radical (unpaired) electrons. The molecule has 3 aromatic rings. The number of rotatable bonds is 7. The van der Waals surface area contributed by atoms with Gasteiger partial charge in [-0.2, -0.15) is 5.10 Å². The lowest BCUT2D eigenvalue weighted by Gasteiger charge is -2.08. The van der Waals surface area contributed by atoms with Crippen molar-refractivity contribution in [3.8, 4) is 11.7 Å². The standard InChI is InChI=1S/C18H24N8O2/c1-11-12(2)23-26(13(11)3)16-7-6-15(21-22-16)19-8-9-20-17(27)14-10-25(4)24-18(14)28-5/h6-7,10H,8-9H2,1-5H3,(H,19,21)(H,20,27). The molecule has 0 bridgehead atoms. The average molecular weight is 384 g/mol. The fourth-order valence-corrected chi connectivity index (χ4v) is 2.71. The van der Waals surface area contributed by atoms with Gasteiger partial charge in [0.2, 0.25) is 5.88 Å². The van der Waals surface area contributed by atoms with Crippen LogP contribution in [0.25, 0.3) is 5.82 Å². The van der Waals surface area contributed by atoms with Crippen molar-refractivity contribution < 1.29 is 9.53 Å². The number of ether oxygens (including phenoxy) is 1. The monoisotopic (exact) mass is 384 g/mol. The number of hydrogen-bond acceptors (Lipinski definition) is 7. The van der Waals surface area contributed by atoms with E-state index < -0.39 is 0 Å². The van der Waals surface area contributed by atoms with Gasteiger partial charge in [-0.15, -0.1) is 15.3 Å². The molecular formula is C18H24N8O2. The molecule has 0 aliphatic heterocycles. The minimum Gasteiger partial charge on any atom is -0.479 e. The molecular weight excluding hydrogens is 360 g/mol. The average Bonchev–Trinajstić information content (AvgIpc) is 3.20. The Morgan fingerprint density at radius 2 is 1.93 bits per heavy atom. The summed E-state index contributed by atoms with van der Waals surface area (Å²) in [5.41, 5.74) is 3.56.